The number of nitrogens with two attached hydrogens (primary N) is 1. The zero-order valence-electron chi connectivity index (χ0n) is 9.64. The van der Waals surface area contributed by atoms with E-state index in [-0.39, 0.29) is 0 Å². The van der Waals surface area contributed by atoms with Crippen molar-refractivity contribution in [2.45, 2.75) is 0 Å². The maximum atomic E-state index is 11.3. The Bertz CT molecular complexity index is 591. The first kappa shape index (κ1) is 12.4. The Morgan fingerprint density at radius 1 is 1.06 bits per heavy atom. The summed E-state index contributed by atoms with van der Waals surface area (Å²) in [5.41, 5.74) is 7.55. The topological polar surface area (TPSA) is 43.1 Å². The van der Waals surface area contributed by atoms with Crippen molar-refractivity contribution >= 4 is 29.7 Å². The summed E-state index contributed by atoms with van der Waals surface area (Å²) in [6.45, 7) is 0. The molecule has 2 nitrogen and oxygen atoms in total. The molecule has 0 saturated heterocycles. The lowest BCUT2D eigenvalue weighted by atomic mass is 10.1. The van der Waals surface area contributed by atoms with Crippen LogP contribution >= 0.6 is 11.6 Å². The Morgan fingerprint density at radius 2 is 1.78 bits per heavy atom. The predicted molar refractivity (Wildman–Crippen MR) is 75.3 cm³/mol. The number of halogens is 1. The summed E-state index contributed by atoms with van der Waals surface area (Å²) in [5.74, 6) is -0.459. The van der Waals surface area contributed by atoms with Gasteiger partial charge in [-0.2, -0.15) is 0 Å². The third-order valence-electron chi connectivity index (χ3n) is 2.53. The second-order valence-corrected chi connectivity index (χ2v) is 4.28. The Hall–Kier alpha value is -2.06. The minimum atomic E-state index is -0.459. The minimum Gasteiger partial charge on any atom is -0.366 e. The maximum absolute atomic E-state index is 11.3. The monoisotopic (exact) mass is 257 g/mol. The van der Waals surface area contributed by atoms with E-state index in [1.54, 1.807) is 18.2 Å². The van der Waals surface area contributed by atoms with Crippen LogP contribution in [0.4, 0.5) is 0 Å². The molecule has 0 saturated carbocycles. The zero-order valence-corrected chi connectivity index (χ0v) is 10.4. The second-order valence-electron chi connectivity index (χ2n) is 3.84. The molecule has 18 heavy (non-hydrogen) atoms. The van der Waals surface area contributed by atoms with E-state index in [1.165, 1.54) is 0 Å². The highest BCUT2D eigenvalue weighted by atomic mass is 35.5. The third kappa shape index (κ3) is 2.99. The van der Waals surface area contributed by atoms with Gasteiger partial charge in [0.2, 0.25) is 5.91 Å². The first-order valence-corrected chi connectivity index (χ1v) is 5.87. The van der Waals surface area contributed by atoms with Crippen LogP contribution in [-0.2, 0) is 0 Å². The molecule has 0 radical (unpaired) electrons. The van der Waals surface area contributed by atoms with Crippen LogP contribution in [0.3, 0.4) is 0 Å². The summed E-state index contributed by atoms with van der Waals surface area (Å²) in [6.07, 6.45) is 3.75. The number of hydrogen-bond acceptors (Lipinski definition) is 1. The predicted octanol–water partition coefficient (Wildman–Crippen LogP) is 3.61. The van der Waals surface area contributed by atoms with Gasteiger partial charge < -0.3 is 5.73 Å². The molecular weight excluding hydrogens is 246 g/mol. The van der Waals surface area contributed by atoms with Crippen molar-refractivity contribution < 1.29 is 4.79 Å². The van der Waals surface area contributed by atoms with Crippen molar-refractivity contribution in [1.29, 1.82) is 0 Å². The second kappa shape index (κ2) is 5.52. The Kier molecular flexibility index (Phi) is 3.80. The van der Waals surface area contributed by atoms with Crippen LogP contribution in [0.15, 0.2) is 48.5 Å². The number of carbonyl (C=O) groups excluding carboxylic acids is 1. The highest BCUT2D eigenvalue weighted by Crippen LogP contribution is 2.18. The van der Waals surface area contributed by atoms with E-state index in [1.807, 2.05) is 42.5 Å². The molecule has 0 atom stereocenters. The van der Waals surface area contributed by atoms with Crippen LogP contribution < -0.4 is 5.73 Å². The van der Waals surface area contributed by atoms with Gasteiger partial charge in [0, 0.05) is 10.6 Å². The van der Waals surface area contributed by atoms with Crippen LogP contribution in [0, 0.1) is 0 Å². The first-order valence-electron chi connectivity index (χ1n) is 5.49. The number of amides is 1. The molecule has 0 aliphatic heterocycles. The number of benzene rings is 2. The van der Waals surface area contributed by atoms with Gasteiger partial charge in [-0.15, -0.1) is 0 Å². The standard InChI is InChI=1S/C15H12ClNO/c16-13-8-9-14(15(17)18)12(10-13)7-6-11-4-2-1-3-5-11/h1-10H,(H2,17,18)/b7-6+. The lowest BCUT2D eigenvalue weighted by molar-refractivity contribution is 0.1000. The van der Waals surface area contributed by atoms with Crippen molar-refractivity contribution in [1.82, 2.24) is 0 Å². The molecule has 0 aliphatic carbocycles. The summed E-state index contributed by atoms with van der Waals surface area (Å²) in [4.78, 5) is 11.3. The van der Waals surface area contributed by atoms with Crippen LogP contribution in [-0.4, -0.2) is 5.91 Å². The third-order valence-corrected chi connectivity index (χ3v) is 2.77. The van der Waals surface area contributed by atoms with Gasteiger partial charge in [0.15, 0.2) is 0 Å². The fourth-order valence-corrected chi connectivity index (χ4v) is 1.83. The molecule has 0 aromatic heterocycles. The number of carbonyl (C=O) groups is 1. The van der Waals surface area contributed by atoms with E-state index in [0.29, 0.717) is 10.6 Å². The van der Waals surface area contributed by atoms with Crippen molar-refractivity contribution in [3.8, 4) is 0 Å². The lowest BCUT2D eigenvalue weighted by Gasteiger charge is -2.02. The fourth-order valence-electron chi connectivity index (χ4n) is 1.65. The van der Waals surface area contributed by atoms with Gasteiger partial charge >= 0.3 is 0 Å². The first-order chi connectivity index (χ1) is 8.66. The number of hydrogen-bond donors (Lipinski definition) is 1. The molecule has 2 N–H and O–H groups in total. The molecule has 3 heteroatoms. The summed E-state index contributed by atoms with van der Waals surface area (Å²) in [7, 11) is 0. The highest BCUT2D eigenvalue weighted by Gasteiger charge is 2.05. The van der Waals surface area contributed by atoms with Crippen LogP contribution in [0.1, 0.15) is 21.5 Å². The number of primary amides is 1. The SMILES string of the molecule is NC(=O)c1ccc(Cl)cc1/C=C/c1ccccc1. The fraction of sp³-hybridized carbons (Fsp3) is 0. The van der Waals surface area contributed by atoms with E-state index < -0.39 is 5.91 Å². The largest absolute Gasteiger partial charge is 0.366 e. The van der Waals surface area contributed by atoms with E-state index in [4.69, 9.17) is 17.3 Å². The van der Waals surface area contributed by atoms with Crippen molar-refractivity contribution in [2.75, 3.05) is 0 Å². The molecule has 0 fully saturated rings. The smallest absolute Gasteiger partial charge is 0.249 e. The Labute approximate surface area is 111 Å². The average molecular weight is 258 g/mol. The van der Waals surface area contributed by atoms with E-state index in [0.717, 1.165) is 11.1 Å². The molecule has 0 aliphatic rings. The molecule has 1 amide bonds. The van der Waals surface area contributed by atoms with Crippen LogP contribution in [0.5, 0.6) is 0 Å². The summed E-state index contributed by atoms with van der Waals surface area (Å²) >= 11 is 5.92. The Morgan fingerprint density at radius 3 is 2.44 bits per heavy atom. The summed E-state index contributed by atoms with van der Waals surface area (Å²) < 4.78 is 0. The van der Waals surface area contributed by atoms with E-state index in [2.05, 4.69) is 0 Å². The normalized spacial score (nSPS) is 10.7. The van der Waals surface area contributed by atoms with Crippen molar-refractivity contribution in [2.24, 2.45) is 5.73 Å². The minimum absolute atomic E-state index is 0.459. The molecule has 2 aromatic carbocycles. The van der Waals surface area contributed by atoms with Crippen molar-refractivity contribution in [3.63, 3.8) is 0 Å². The molecule has 2 aromatic rings. The zero-order chi connectivity index (χ0) is 13.0. The molecule has 2 rings (SSSR count). The van der Waals surface area contributed by atoms with Crippen LogP contribution in [0.2, 0.25) is 5.02 Å². The van der Waals surface area contributed by atoms with Gasteiger partial charge in [-0.25, -0.2) is 0 Å². The average Bonchev–Trinajstić information content (AvgIpc) is 2.37. The van der Waals surface area contributed by atoms with Gasteiger partial charge in [-0.05, 0) is 29.3 Å². The van der Waals surface area contributed by atoms with Gasteiger partial charge in [-0.1, -0.05) is 54.1 Å². The van der Waals surface area contributed by atoms with Gasteiger partial charge in [0.25, 0.3) is 0 Å². The molecule has 0 heterocycles. The summed E-state index contributed by atoms with van der Waals surface area (Å²) in [6, 6.07) is 14.8. The summed E-state index contributed by atoms with van der Waals surface area (Å²) in [5, 5.41) is 0.577. The van der Waals surface area contributed by atoms with Crippen LogP contribution in [0.25, 0.3) is 12.2 Å². The molecule has 0 spiro atoms. The van der Waals surface area contributed by atoms with Crippen molar-refractivity contribution in [3.05, 3.63) is 70.2 Å². The lowest BCUT2D eigenvalue weighted by Crippen LogP contribution is -2.12. The molecule has 0 bridgehead atoms. The van der Waals surface area contributed by atoms with Gasteiger partial charge in [0.1, 0.15) is 0 Å². The quantitative estimate of drug-likeness (QED) is 0.839. The van der Waals surface area contributed by atoms with E-state index in [9.17, 15) is 4.79 Å². The maximum Gasteiger partial charge on any atom is 0.249 e. The molecular formula is C15H12ClNO. The highest BCUT2D eigenvalue weighted by molar-refractivity contribution is 6.30. The van der Waals surface area contributed by atoms with Gasteiger partial charge in [0.05, 0.1) is 0 Å². The number of rotatable bonds is 3. The van der Waals surface area contributed by atoms with E-state index >= 15 is 0 Å². The Balaban J connectivity index is 2.36. The molecule has 90 valence electrons. The van der Waals surface area contributed by atoms with Gasteiger partial charge in [-0.3, -0.25) is 4.79 Å². The molecule has 0 unspecified atom stereocenters.